The summed E-state index contributed by atoms with van der Waals surface area (Å²) in [5, 5.41) is 4.10. The van der Waals surface area contributed by atoms with Crippen LogP contribution in [0.3, 0.4) is 0 Å². The van der Waals surface area contributed by atoms with E-state index in [9.17, 15) is 8.42 Å². The normalized spacial score (nSPS) is 11.3. The zero-order valence-corrected chi connectivity index (χ0v) is 13.8. The molecule has 0 fully saturated rings. The minimum Gasteiger partial charge on any atom is -0.280 e. The van der Waals surface area contributed by atoms with Crippen LogP contribution in [0.15, 0.2) is 76.4 Å². The van der Waals surface area contributed by atoms with Crippen molar-refractivity contribution in [1.82, 2.24) is 9.78 Å². The maximum atomic E-state index is 12.4. The predicted molar refractivity (Wildman–Crippen MR) is 88.5 cm³/mol. The van der Waals surface area contributed by atoms with Crippen LogP contribution in [0.5, 0.6) is 0 Å². The fourth-order valence-electron chi connectivity index (χ4n) is 1.90. The predicted octanol–water partition coefficient (Wildman–Crippen LogP) is 3.44. The summed E-state index contributed by atoms with van der Waals surface area (Å²) >= 11 is 3.31. The van der Waals surface area contributed by atoms with Gasteiger partial charge in [-0.25, -0.2) is 13.1 Å². The molecule has 112 valence electrons. The Kier molecular flexibility index (Phi) is 4.00. The van der Waals surface area contributed by atoms with E-state index in [0.29, 0.717) is 5.69 Å². The summed E-state index contributed by atoms with van der Waals surface area (Å²) in [6.45, 7) is 0. The third-order valence-corrected chi connectivity index (χ3v) is 4.85. The molecule has 1 aromatic heterocycles. The zero-order chi connectivity index (χ0) is 15.6. The van der Waals surface area contributed by atoms with Crippen molar-refractivity contribution >= 4 is 31.6 Å². The lowest BCUT2D eigenvalue weighted by molar-refractivity contribution is 0.601. The minimum atomic E-state index is -3.66. The summed E-state index contributed by atoms with van der Waals surface area (Å²) in [5.74, 6) is 0. The lowest BCUT2D eigenvalue weighted by Crippen LogP contribution is -2.12. The van der Waals surface area contributed by atoms with Gasteiger partial charge in [-0.15, -0.1) is 0 Å². The van der Waals surface area contributed by atoms with Crippen LogP contribution in [0.4, 0.5) is 5.69 Å². The number of sulfonamides is 1. The van der Waals surface area contributed by atoms with Gasteiger partial charge in [-0.3, -0.25) is 4.72 Å². The lowest BCUT2D eigenvalue weighted by Gasteiger charge is -2.06. The topological polar surface area (TPSA) is 64.0 Å². The molecule has 0 radical (unpaired) electrons. The monoisotopic (exact) mass is 377 g/mol. The molecule has 0 saturated heterocycles. The van der Waals surface area contributed by atoms with E-state index in [1.54, 1.807) is 24.3 Å². The highest BCUT2D eigenvalue weighted by molar-refractivity contribution is 9.10. The highest BCUT2D eigenvalue weighted by Crippen LogP contribution is 2.19. The summed E-state index contributed by atoms with van der Waals surface area (Å²) in [4.78, 5) is 0.110. The number of rotatable bonds is 4. The third kappa shape index (κ3) is 3.20. The first-order chi connectivity index (χ1) is 10.5. The molecule has 2 aromatic carbocycles. The van der Waals surface area contributed by atoms with Crippen molar-refractivity contribution in [3.05, 3.63) is 71.5 Å². The molecule has 0 unspecified atom stereocenters. The number of hydrogen-bond donors (Lipinski definition) is 1. The third-order valence-electron chi connectivity index (χ3n) is 2.99. The largest absolute Gasteiger partial charge is 0.280 e. The highest BCUT2D eigenvalue weighted by atomic mass is 79.9. The fourth-order valence-corrected chi connectivity index (χ4v) is 3.15. The van der Waals surface area contributed by atoms with Crippen molar-refractivity contribution in [2.75, 3.05) is 4.72 Å². The van der Waals surface area contributed by atoms with Crippen LogP contribution in [-0.2, 0) is 10.0 Å². The Morgan fingerprint density at radius 1 is 1.00 bits per heavy atom. The maximum Gasteiger partial charge on any atom is 0.265 e. The Morgan fingerprint density at radius 2 is 1.68 bits per heavy atom. The number of nitrogens with zero attached hydrogens (tertiary/aromatic N) is 2. The van der Waals surface area contributed by atoms with Crippen LogP contribution in [0.2, 0.25) is 0 Å². The van der Waals surface area contributed by atoms with E-state index in [0.717, 1.165) is 10.2 Å². The van der Waals surface area contributed by atoms with Crippen LogP contribution in [-0.4, -0.2) is 18.2 Å². The Labute approximate surface area is 136 Å². The second-order valence-electron chi connectivity index (χ2n) is 4.57. The van der Waals surface area contributed by atoms with Gasteiger partial charge in [0, 0.05) is 10.2 Å². The number of aromatic nitrogens is 2. The summed E-state index contributed by atoms with van der Waals surface area (Å²) in [6.07, 6.45) is 2.81. The average Bonchev–Trinajstić information content (AvgIpc) is 3.01. The first kappa shape index (κ1) is 14.8. The molecule has 0 spiro atoms. The molecule has 7 heteroatoms. The molecule has 0 aliphatic carbocycles. The van der Waals surface area contributed by atoms with Crippen LogP contribution in [0.1, 0.15) is 0 Å². The van der Waals surface area contributed by atoms with Crippen molar-refractivity contribution in [1.29, 1.82) is 0 Å². The molecule has 0 amide bonds. The van der Waals surface area contributed by atoms with Crippen molar-refractivity contribution in [3.8, 4) is 5.69 Å². The molecule has 3 rings (SSSR count). The van der Waals surface area contributed by atoms with Crippen LogP contribution in [0.25, 0.3) is 5.69 Å². The molecule has 0 saturated carbocycles. The Hall–Kier alpha value is -2.12. The van der Waals surface area contributed by atoms with E-state index in [4.69, 9.17) is 0 Å². The van der Waals surface area contributed by atoms with Gasteiger partial charge in [0.15, 0.2) is 0 Å². The first-order valence-electron chi connectivity index (χ1n) is 6.43. The second-order valence-corrected chi connectivity index (χ2v) is 7.17. The summed E-state index contributed by atoms with van der Waals surface area (Å²) < 4.78 is 29.6. The quantitative estimate of drug-likeness (QED) is 0.757. The smallest absolute Gasteiger partial charge is 0.265 e. The molecule has 1 heterocycles. The standard InChI is InChI=1S/C15H12BrN3O2S/c16-12-6-8-13(9-7-12)18-22(20,21)15-10-17-19(11-15)14-4-2-1-3-5-14/h1-11,18H. The van der Waals surface area contributed by atoms with Crippen molar-refractivity contribution in [2.24, 2.45) is 0 Å². The molecule has 0 aliphatic rings. The minimum absolute atomic E-state index is 0.110. The second kappa shape index (κ2) is 5.94. The lowest BCUT2D eigenvalue weighted by atomic mass is 10.3. The molecule has 0 atom stereocenters. The Balaban J connectivity index is 1.87. The number of benzene rings is 2. The Bertz CT molecular complexity index is 875. The molecular formula is C15H12BrN3O2S. The van der Waals surface area contributed by atoms with E-state index < -0.39 is 10.0 Å². The molecule has 3 aromatic rings. The number of anilines is 1. The SMILES string of the molecule is O=S(=O)(Nc1ccc(Br)cc1)c1cnn(-c2ccccc2)c1. The molecule has 5 nitrogen and oxygen atoms in total. The van der Waals surface area contributed by atoms with Gasteiger partial charge in [-0.1, -0.05) is 34.1 Å². The van der Waals surface area contributed by atoms with Crippen LogP contribution >= 0.6 is 15.9 Å². The van der Waals surface area contributed by atoms with E-state index in [-0.39, 0.29) is 4.90 Å². The average molecular weight is 378 g/mol. The van der Waals surface area contributed by atoms with Gasteiger partial charge in [0.2, 0.25) is 0 Å². The van der Waals surface area contributed by atoms with Gasteiger partial charge in [-0.2, -0.15) is 5.10 Å². The van der Waals surface area contributed by atoms with E-state index in [1.165, 1.54) is 17.1 Å². The zero-order valence-electron chi connectivity index (χ0n) is 11.3. The number of nitrogens with one attached hydrogen (secondary N) is 1. The summed E-state index contributed by atoms with van der Waals surface area (Å²) in [7, 11) is -3.66. The molecule has 0 aliphatic heterocycles. The van der Waals surface area contributed by atoms with Crippen molar-refractivity contribution < 1.29 is 8.42 Å². The van der Waals surface area contributed by atoms with E-state index >= 15 is 0 Å². The van der Waals surface area contributed by atoms with Crippen molar-refractivity contribution in [2.45, 2.75) is 4.90 Å². The van der Waals surface area contributed by atoms with Gasteiger partial charge in [-0.05, 0) is 36.4 Å². The fraction of sp³-hybridized carbons (Fsp3) is 0. The highest BCUT2D eigenvalue weighted by Gasteiger charge is 2.17. The molecule has 1 N–H and O–H groups in total. The molecule has 22 heavy (non-hydrogen) atoms. The Morgan fingerprint density at radius 3 is 2.36 bits per heavy atom. The van der Waals surface area contributed by atoms with E-state index in [2.05, 4.69) is 25.8 Å². The van der Waals surface area contributed by atoms with E-state index in [1.807, 2.05) is 30.3 Å². The summed E-state index contributed by atoms with van der Waals surface area (Å²) in [6, 6.07) is 16.2. The summed E-state index contributed by atoms with van der Waals surface area (Å²) in [5.41, 5.74) is 1.29. The van der Waals surface area contributed by atoms with Crippen molar-refractivity contribution in [3.63, 3.8) is 0 Å². The molecular weight excluding hydrogens is 366 g/mol. The van der Waals surface area contributed by atoms with Gasteiger partial charge in [0.05, 0.1) is 18.1 Å². The number of para-hydroxylation sites is 1. The van der Waals surface area contributed by atoms with Crippen LogP contribution < -0.4 is 4.72 Å². The van der Waals surface area contributed by atoms with Gasteiger partial charge >= 0.3 is 0 Å². The molecule has 0 bridgehead atoms. The van der Waals surface area contributed by atoms with Gasteiger partial charge in [0.25, 0.3) is 10.0 Å². The van der Waals surface area contributed by atoms with Crippen LogP contribution in [0, 0.1) is 0 Å². The van der Waals surface area contributed by atoms with Gasteiger partial charge in [0.1, 0.15) is 4.90 Å². The first-order valence-corrected chi connectivity index (χ1v) is 8.71. The maximum absolute atomic E-state index is 12.4. The number of hydrogen-bond acceptors (Lipinski definition) is 3. The van der Waals surface area contributed by atoms with Gasteiger partial charge < -0.3 is 0 Å². The number of halogens is 1.